The molecule has 6 nitrogen and oxygen atoms in total. The summed E-state index contributed by atoms with van der Waals surface area (Å²) < 4.78 is 30.5. The van der Waals surface area contributed by atoms with Gasteiger partial charge < -0.3 is 19.8 Å². The van der Waals surface area contributed by atoms with E-state index in [4.69, 9.17) is 14.9 Å². The number of alkyl halides is 2. The molecule has 24 heavy (non-hydrogen) atoms. The first-order valence-electron chi connectivity index (χ1n) is 8.27. The van der Waals surface area contributed by atoms with Gasteiger partial charge in [0.2, 0.25) is 0 Å². The molecule has 2 heterocycles. The van der Waals surface area contributed by atoms with Gasteiger partial charge in [0.15, 0.2) is 0 Å². The summed E-state index contributed by atoms with van der Waals surface area (Å²) in [5.41, 5.74) is -0.587. The highest BCUT2D eigenvalue weighted by Gasteiger charge is 2.36. The van der Waals surface area contributed by atoms with E-state index < -0.39 is 36.2 Å². The first kappa shape index (κ1) is 21.1. The lowest BCUT2D eigenvalue weighted by Crippen LogP contribution is -2.35. The normalized spacial score (nSPS) is 31.2. The van der Waals surface area contributed by atoms with Crippen LogP contribution in [-0.2, 0) is 4.74 Å². The summed E-state index contributed by atoms with van der Waals surface area (Å²) in [5.74, 6) is 0. The summed E-state index contributed by atoms with van der Waals surface area (Å²) in [6.07, 6.45) is -4.81. The number of aliphatic hydroxyl groups is 2. The fourth-order valence-electron chi connectivity index (χ4n) is 2.42. The highest BCUT2D eigenvalue weighted by atomic mass is 19.1. The number of rotatable bonds is 1. The third kappa shape index (κ3) is 6.49. The van der Waals surface area contributed by atoms with Crippen molar-refractivity contribution in [3.63, 3.8) is 0 Å². The molecule has 0 radical (unpaired) electrons. The summed E-state index contributed by atoms with van der Waals surface area (Å²) in [5, 5.41) is 18.1. The van der Waals surface area contributed by atoms with Gasteiger partial charge in [0.1, 0.15) is 24.0 Å². The van der Waals surface area contributed by atoms with Crippen LogP contribution in [0.3, 0.4) is 0 Å². The zero-order valence-electron chi connectivity index (χ0n) is 15.1. The maximum absolute atomic E-state index is 12.9. The van der Waals surface area contributed by atoms with Crippen molar-refractivity contribution in [3.05, 3.63) is 0 Å². The second-order valence-corrected chi connectivity index (χ2v) is 7.60. The first-order chi connectivity index (χ1) is 10.9. The average molecular weight is 352 g/mol. The van der Waals surface area contributed by atoms with Crippen molar-refractivity contribution in [1.82, 2.24) is 9.80 Å². The van der Waals surface area contributed by atoms with E-state index in [-0.39, 0.29) is 13.1 Å². The standard InChI is InChI=1S/C9H16FNO3.C7H14FNO/c1-9(2,3)14-8(13)11-4-6(10)7(12)5-11;1-5(2)9-3-6(8)7(10)4-9/h6-7,12H,4-5H2,1-3H3;5-7,10H,3-4H2,1-2H3/t2*6-,7-/m00/s1. The van der Waals surface area contributed by atoms with Crippen LogP contribution in [0.25, 0.3) is 0 Å². The number of halogens is 2. The van der Waals surface area contributed by atoms with Gasteiger partial charge in [-0.1, -0.05) is 0 Å². The molecular formula is C16H30F2N2O4. The molecule has 0 bridgehead atoms. The average Bonchev–Trinajstić information content (AvgIpc) is 2.93. The summed E-state index contributed by atoms with van der Waals surface area (Å²) in [6, 6.07) is 0.343. The van der Waals surface area contributed by atoms with Gasteiger partial charge in [0.05, 0.1) is 19.2 Å². The van der Waals surface area contributed by atoms with Gasteiger partial charge in [0.25, 0.3) is 0 Å². The van der Waals surface area contributed by atoms with Crippen LogP contribution >= 0.6 is 0 Å². The van der Waals surface area contributed by atoms with Gasteiger partial charge in [-0.25, -0.2) is 13.6 Å². The maximum atomic E-state index is 12.9. The van der Waals surface area contributed by atoms with Crippen LogP contribution in [0.2, 0.25) is 0 Å². The molecular weight excluding hydrogens is 322 g/mol. The van der Waals surface area contributed by atoms with Gasteiger partial charge in [-0.2, -0.15) is 0 Å². The molecule has 0 saturated carbocycles. The SMILES string of the molecule is CC(C)(C)OC(=O)N1C[C@H](O)[C@@H](F)C1.CC(C)N1C[C@H](O)[C@@H](F)C1. The molecule has 2 aliphatic heterocycles. The third-order valence-electron chi connectivity index (χ3n) is 3.85. The van der Waals surface area contributed by atoms with E-state index in [0.717, 1.165) is 0 Å². The molecule has 0 aromatic rings. The van der Waals surface area contributed by atoms with Gasteiger partial charge in [0, 0.05) is 19.1 Å². The summed E-state index contributed by atoms with van der Waals surface area (Å²) in [4.78, 5) is 14.5. The van der Waals surface area contributed by atoms with Crippen LogP contribution in [0, 0.1) is 0 Å². The van der Waals surface area contributed by atoms with Crippen molar-refractivity contribution in [2.45, 2.75) is 70.8 Å². The van der Waals surface area contributed by atoms with E-state index in [0.29, 0.717) is 19.1 Å². The number of β-amino-alcohol motifs (C(OH)–C–C–N with tert-alkyl or cyclic N) is 2. The summed E-state index contributed by atoms with van der Waals surface area (Å²) in [6.45, 7) is 10.0. The Bertz CT molecular complexity index is 397. The predicted molar refractivity (Wildman–Crippen MR) is 86.3 cm³/mol. The highest BCUT2D eigenvalue weighted by Crippen LogP contribution is 2.17. The molecule has 2 fully saturated rings. The molecule has 2 aliphatic rings. The Balaban J connectivity index is 0.000000254. The topological polar surface area (TPSA) is 73.2 Å². The van der Waals surface area contributed by atoms with Gasteiger partial charge >= 0.3 is 6.09 Å². The van der Waals surface area contributed by atoms with E-state index in [1.165, 1.54) is 4.90 Å². The first-order valence-corrected chi connectivity index (χ1v) is 8.27. The zero-order valence-corrected chi connectivity index (χ0v) is 15.1. The predicted octanol–water partition coefficient (Wildman–Crippen LogP) is 1.35. The fraction of sp³-hybridized carbons (Fsp3) is 0.938. The number of aliphatic hydroxyl groups excluding tert-OH is 2. The Morgan fingerprint density at radius 1 is 1.04 bits per heavy atom. The lowest BCUT2D eigenvalue weighted by molar-refractivity contribution is 0.0269. The highest BCUT2D eigenvalue weighted by molar-refractivity contribution is 5.68. The van der Waals surface area contributed by atoms with E-state index in [2.05, 4.69) is 0 Å². The number of carbonyl (C=O) groups excluding carboxylic acids is 1. The van der Waals surface area contributed by atoms with E-state index in [1.54, 1.807) is 20.8 Å². The lowest BCUT2D eigenvalue weighted by atomic mass is 10.2. The Hall–Kier alpha value is -0.990. The van der Waals surface area contributed by atoms with Crippen LogP contribution in [-0.4, -0.2) is 88.5 Å². The zero-order chi connectivity index (χ0) is 18.7. The maximum Gasteiger partial charge on any atom is 0.410 e. The molecule has 142 valence electrons. The van der Waals surface area contributed by atoms with Crippen molar-refractivity contribution in [2.75, 3.05) is 26.2 Å². The van der Waals surface area contributed by atoms with E-state index in [9.17, 15) is 13.6 Å². The molecule has 2 N–H and O–H groups in total. The lowest BCUT2D eigenvalue weighted by Gasteiger charge is -2.23. The number of hydrogen-bond acceptors (Lipinski definition) is 5. The molecule has 1 amide bonds. The Kier molecular flexibility index (Phi) is 7.37. The minimum atomic E-state index is -1.36. The minimum absolute atomic E-state index is 0.0100. The third-order valence-corrected chi connectivity index (χ3v) is 3.85. The second-order valence-electron chi connectivity index (χ2n) is 7.60. The number of hydrogen-bond donors (Lipinski definition) is 2. The number of ether oxygens (including phenoxy) is 1. The Morgan fingerprint density at radius 3 is 1.83 bits per heavy atom. The van der Waals surface area contributed by atoms with Crippen LogP contribution in [0.5, 0.6) is 0 Å². The van der Waals surface area contributed by atoms with Gasteiger partial charge in [-0.3, -0.25) is 4.90 Å². The van der Waals surface area contributed by atoms with Crippen LogP contribution in [0.15, 0.2) is 0 Å². The molecule has 8 heteroatoms. The summed E-state index contributed by atoms with van der Waals surface area (Å²) in [7, 11) is 0. The molecule has 0 aromatic heterocycles. The van der Waals surface area contributed by atoms with Crippen molar-refractivity contribution >= 4 is 6.09 Å². The number of carbonyl (C=O) groups is 1. The number of likely N-dealkylation sites (tertiary alicyclic amines) is 2. The van der Waals surface area contributed by atoms with E-state index >= 15 is 0 Å². The molecule has 0 aliphatic carbocycles. The van der Waals surface area contributed by atoms with Crippen molar-refractivity contribution in [3.8, 4) is 0 Å². The van der Waals surface area contributed by atoms with Crippen LogP contribution < -0.4 is 0 Å². The summed E-state index contributed by atoms with van der Waals surface area (Å²) >= 11 is 0. The molecule has 0 aromatic carbocycles. The second kappa shape index (κ2) is 8.40. The molecule has 2 rings (SSSR count). The Labute approximate surface area is 142 Å². The number of nitrogens with zero attached hydrogens (tertiary/aromatic N) is 2. The monoisotopic (exact) mass is 352 g/mol. The minimum Gasteiger partial charge on any atom is -0.444 e. The van der Waals surface area contributed by atoms with Crippen molar-refractivity contribution < 1.29 is 28.5 Å². The van der Waals surface area contributed by atoms with Crippen molar-refractivity contribution in [1.29, 1.82) is 0 Å². The largest absolute Gasteiger partial charge is 0.444 e. The molecule has 2 saturated heterocycles. The molecule has 4 atom stereocenters. The number of amides is 1. The van der Waals surface area contributed by atoms with Gasteiger partial charge in [-0.15, -0.1) is 0 Å². The molecule has 0 spiro atoms. The molecule has 0 unspecified atom stereocenters. The smallest absolute Gasteiger partial charge is 0.410 e. The van der Waals surface area contributed by atoms with Gasteiger partial charge in [-0.05, 0) is 34.6 Å². The van der Waals surface area contributed by atoms with Crippen LogP contribution in [0.4, 0.5) is 13.6 Å². The van der Waals surface area contributed by atoms with Crippen LogP contribution in [0.1, 0.15) is 34.6 Å². The van der Waals surface area contributed by atoms with E-state index in [1.807, 2.05) is 18.7 Å². The Morgan fingerprint density at radius 2 is 1.54 bits per heavy atom. The van der Waals surface area contributed by atoms with Crippen molar-refractivity contribution in [2.24, 2.45) is 0 Å². The fourth-order valence-corrected chi connectivity index (χ4v) is 2.42. The quantitative estimate of drug-likeness (QED) is 0.745.